The lowest BCUT2D eigenvalue weighted by Gasteiger charge is -2.23. The zero-order valence-electron chi connectivity index (χ0n) is 7.03. The van der Waals surface area contributed by atoms with Gasteiger partial charge >= 0.3 is 0 Å². The molecule has 1 fully saturated rings. The zero-order chi connectivity index (χ0) is 10.1. The third kappa shape index (κ3) is 1.50. The van der Waals surface area contributed by atoms with Crippen LogP contribution in [0.2, 0.25) is 0 Å². The number of nitrogens with zero attached hydrogens (tertiary/aromatic N) is 3. The number of azide groups is 1. The van der Waals surface area contributed by atoms with Crippen LogP contribution in [0, 0.1) is 0 Å². The van der Waals surface area contributed by atoms with Crippen LogP contribution in [0.15, 0.2) is 5.11 Å². The van der Waals surface area contributed by atoms with Gasteiger partial charge in [0.2, 0.25) is 0 Å². The van der Waals surface area contributed by atoms with Crippen LogP contribution < -0.4 is 0 Å². The Morgan fingerprint density at radius 2 is 2.23 bits per heavy atom. The van der Waals surface area contributed by atoms with Gasteiger partial charge in [0, 0.05) is 4.91 Å². The van der Waals surface area contributed by atoms with Crippen molar-refractivity contribution < 1.29 is 20.1 Å². The number of hydrogen-bond donors (Lipinski definition) is 3. The van der Waals surface area contributed by atoms with Crippen molar-refractivity contribution in [2.75, 3.05) is 6.61 Å². The molecule has 72 valence electrons. The summed E-state index contributed by atoms with van der Waals surface area (Å²) in [4.78, 5) is 2.45. The molecule has 0 aliphatic carbocycles. The lowest BCUT2D eigenvalue weighted by atomic mass is 9.92. The average molecular weight is 187 g/mol. The standard InChI is InChI=1S/C5H10BN3O4/c6-4-2(11)3(12)5(1-10,13-4)8-9-7/h2-4,10-12H,1,6H2/t2-,3?,4+,5+/m0/s1. The lowest BCUT2D eigenvalue weighted by Crippen LogP contribution is -2.44. The molecule has 1 unspecified atom stereocenters. The molecule has 8 heteroatoms. The fraction of sp³-hybridized carbons (Fsp3) is 1.00. The minimum Gasteiger partial charge on any atom is -0.393 e. The second-order valence-electron chi connectivity index (χ2n) is 2.95. The van der Waals surface area contributed by atoms with Gasteiger partial charge in [0.15, 0.2) is 5.72 Å². The molecule has 0 saturated carbocycles. The van der Waals surface area contributed by atoms with E-state index in [-0.39, 0.29) is 0 Å². The molecule has 7 nitrogen and oxygen atoms in total. The zero-order valence-corrected chi connectivity index (χ0v) is 7.03. The predicted octanol–water partition coefficient (Wildman–Crippen LogP) is -2.30. The van der Waals surface area contributed by atoms with Crippen molar-refractivity contribution in [1.29, 1.82) is 0 Å². The minimum absolute atomic E-state index is 0.667. The van der Waals surface area contributed by atoms with Gasteiger partial charge in [-0.05, 0) is 5.53 Å². The molecule has 1 aliphatic rings. The fourth-order valence-corrected chi connectivity index (χ4v) is 1.31. The fourth-order valence-electron chi connectivity index (χ4n) is 1.31. The maximum Gasteiger partial charge on any atom is 0.197 e. The monoisotopic (exact) mass is 187 g/mol. The van der Waals surface area contributed by atoms with Crippen molar-refractivity contribution in [2.24, 2.45) is 5.11 Å². The van der Waals surface area contributed by atoms with E-state index in [4.69, 9.17) is 15.4 Å². The number of hydrogen-bond acceptors (Lipinski definition) is 5. The first-order chi connectivity index (χ1) is 6.07. The normalized spacial score (nSPS) is 44.4. The number of aliphatic hydroxyl groups excluding tert-OH is 3. The largest absolute Gasteiger partial charge is 0.393 e. The number of rotatable bonds is 2. The third-order valence-corrected chi connectivity index (χ3v) is 2.10. The van der Waals surface area contributed by atoms with E-state index in [0.29, 0.717) is 0 Å². The Bertz CT molecular complexity index is 246. The van der Waals surface area contributed by atoms with Crippen molar-refractivity contribution in [1.82, 2.24) is 0 Å². The molecule has 0 spiro atoms. The van der Waals surface area contributed by atoms with Crippen molar-refractivity contribution in [3.05, 3.63) is 10.4 Å². The van der Waals surface area contributed by atoms with Gasteiger partial charge in [0.25, 0.3) is 0 Å². The highest BCUT2D eigenvalue weighted by atomic mass is 16.6. The molecule has 0 amide bonds. The van der Waals surface area contributed by atoms with Gasteiger partial charge in [-0.15, -0.1) is 0 Å². The predicted molar refractivity (Wildman–Crippen MR) is 44.4 cm³/mol. The highest BCUT2D eigenvalue weighted by molar-refractivity contribution is 6.11. The Kier molecular flexibility index (Phi) is 2.79. The van der Waals surface area contributed by atoms with Crippen LogP contribution in [0.1, 0.15) is 0 Å². The minimum atomic E-state index is -1.74. The van der Waals surface area contributed by atoms with E-state index in [2.05, 4.69) is 10.0 Å². The number of aliphatic hydroxyl groups is 3. The Hall–Kier alpha value is -0.785. The SMILES string of the molecule is B[C@@H]1O[C@@](CO)(N=[N+]=[N-])C(O)[C@@H]1O. The Balaban J connectivity index is 2.95. The van der Waals surface area contributed by atoms with Crippen LogP contribution in [0.5, 0.6) is 0 Å². The van der Waals surface area contributed by atoms with E-state index >= 15 is 0 Å². The second-order valence-corrected chi connectivity index (χ2v) is 2.95. The lowest BCUT2D eigenvalue weighted by molar-refractivity contribution is -0.0947. The Morgan fingerprint density at radius 3 is 2.54 bits per heavy atom. The van der Waals surface area contributed by atoms with Crippen molar-refractivity contribution in [3.63, 3.8) is 0 Å². The second kappa shape index (κ2) is 3.53. The summed E-state index contributed by atoms with van der Waals surface area (Å²) in [7, 11) is 1.51. The molecule has 1 rings (SSSR count). The highest BCUT2D eigenvalue weighted by Crippen LogP contribution is 2.31. The molecular weight excluding hydrogens is 177 g/mol. The molecule has 1 aliphatic heterocycles. The Labute approximate surface area is 75.0 Å². The van der Waals surface area contributed by atoms with Gasteiger partial charge in [0.1, 0.15) is 20.1 Å². The maximum atomic E-state index is 9.41. The summed E-state index contributed by atoms with van der Waals surface area (Å²) < 4.78 is 4.99. The average Bonchev–Trinajstić information content (AvgIpc) is 2.32. The molecule has 0 radical (unpaired) electrons. The summed E-state index contributed by atoms with van der Waals surface area (Å²) >= 11 is 0. The van der Waals surface area contributed by atoms with E-state index in [1.54, 1.807) is 0 Å². The molecule has 0 aromatic carbocycles. The molecule has 0 aromatic rings. The van der Waals surface area contributed by atoms with Gasteiger partial charge in [-0.1, -0.05) is 5.11 Å². The summed E-state index contributed by atoms with van der Waals surface area (Å²) in [6, 6.07) is -0.673. The van der Waals surface area contributed by atoms with E-state index in [1.165, 1.54) is 7.85 Å². The van der Waals surface area contributed by atoms with E-state index in [0.717, 1.165) is 0 Å². The quantitative estimate of drug-likeness (QED) is 0.195. The molecule has 0 aromatic heterocycles. The van der Waals surface area contributed by atoms with Crippen molar-refractivity contribution >= 4 is 7.85 Å². The highest BCUT2D eigenvalue weighted by Gasteiger charge is 2.51. The molecule has 13 heavy (non-hydrogen) atoms. The van der Waals surface area contributed by atoms with Crippen molar-refractivity contribution in [3.8, 4) is 0 Å². The summed E-state index contributed by atoms with van der Waals surface area (Å²) in [6.45, 7) is -0.667. The van der Waals surface area contributed by atoms with Gasteiger partial charge < -0.3 is 20.1 Å². The first-order valence-corrected chi connectivity index (χ1v) is 3.78. The molecular formula is C5H10BN3O4. The van der Waals surface area contributed by atoms with Gasteiger partial charge in [-0.25, -0.2) is 0 Å². The van der Waals surface area contributed by atoms with Crippen LogP contribution in [0.25, 0.3) is 10.4 Å². The summed E-state index contributed by atoms with van der Waals surface area (Å²) in [6.07, 6.45) is -2.55. The van der Waals surface area contributed by atoms with E-state index in [1.807, 2.05) is 0 Å². The molecule has 1 saturated heterocycles. The van der Waals surface area contributed by atoms with E-state index in [9.17, 15) is 10.2 Å². The van der Waals surface area contributed by atoms with Crippen LogP contribution in [0.3, 0.4) is 0 Å². The van der Waals surface area contributed by atoms with Crippen LogP contribution in [0.4, 0.5) is 0 Å². The topological polar surface area (TPSA) is 119 Å². The first-order valence-electron chi connectivity index (χ1n) is 3.78. The van der Waals surface area contributed by atoms with Gasteiger partial charge in [0.05, 0.1) is 12.6 Å². The number of ether oxygens (including phenoxy) is 1. The van der Waals surface area contributed by atoms with Crippen LogP contribution in [-0.2, 0) is 4.74 Å². The summed E-state index contributed by atoms with van der Waals surface area (Å²) in [5.74, 6) is 0. The maximum absolute atomic E-state index is 9.41. The first kappa shape index (κ1) is 10.3. The molecule has 1 heterocycles. The third-order valence-electron chi connectivity index (χ3n) is 2.10. The van der Waals surface area contributed by atoms with Crippen molar-refractivity contribution in [2.45, 2.75) is 23.9 Å². The molecule has 0 bridgehead atoms. The van der Waals surface area contributed by atoms with Gasteiger partial charge in [-0.3, -0.25) is 0 Å². The van der Waals surface area contributed by atoms with E-state index < -0.39 is 30.5 Å². The van der Waals surface area contributed by atoms with Gasteiger partial charge in [-0.2, -0.15) is 0 Å². The van der Waals surface area contributed by atoms with Crippen LogP contribution in [-0.4, -0.2) is 53.7 Å². The summed E-state index contributed by atoms with van der Waals surface area (Å²) in [5.41, 5.74) is 6.45. The molecule has 3 N–H and O–H groups in total. The smallest absolute Gasteiger partial charge is 0.197 e. The molecule has 4 atom stereocenters. The Morgan fingerprint density at radius 1 is 1.62 bits per heavy atom. The van der Waals surface area contributed by atoms with Crippen LogP contribution >= 0.6 is 0 Å². The summed E-state index contributed by atoms with van der Waals surface area (Å²) in [5, 5.41) is 30.7.